The van der Waals surface area contributed by atoms with Gasteiger partial charge in [-0.2, -0.15) is 10.1 Å². The highest BCUT2D eigenvalue weighted by Gasteiger charge is 2.08. The Kier molecular flexibility index (Phi) is 5.39. The monoisotopic (exact) mass is 376 g/mol. The van der Waals surface area contributed by atoms with Crippen LogP contribution in [0.3, 0.4) is 0 Å². The van der Waals surface area contributed by atoms with Gasteiger partial charge in [0.15, 0.2) is 5.82 Å². The SMILES string of the molecule is O=c1[nH]nc(NCCCNCc2nc(-c3ccccc3)no2)c2ccccc12. The number of aromatic nitrogens is 4. The predicted molar refractivity (Wildman–Crippen MR) is 107 cm³/mol. The van der Waals surface area contributed by atoms with Gasteiger partial charge in [-0.3, -0.25) is 4.79 Å². The molecule has 4 rings (SSSR count). The van der Waals surface area contributed by atoms with E-state index in [4.69, 9.17) is 4.52 Å². The Balaban J connectivity index is 1.24. The first-order valence-electron chi connectivity index (χ1n) is 9.11. The van der Waals surface area contributed by atoms with Crippen molar-refractivity contribution in [2.75, 3.05) is 18.4 Å². The fraction of sp³-hybridized carbons (Fsp3) is 0.200. The third-order valence-electron chi connectivity index (χ3n) is 4.30. The average molecular weight is 376 g/mol. The maximum Gasteiger partial charge on any atom is 0.272 e. The Hall–Kier alpha value is -3.52. The zero-order valence-corrected chi connectivity index (χ0v) is 15.2. The first kappa shape index (κ1) is 17.9. The van der Waals surface area contributed by atoms with Gasteiger partial charge in [0.1, 0.15) is 0 Å². The fourth-order valence-corrected chi connectivity index (χ4v) is 2.90. The molecule has 4 aromatic rings. The van der Waals surface area contributed by atoms with E-state index in [9.17, 15) is 4.79 Å². The molecule has 0 aliphatic carbocycles. The van der Waals surface area contributed by atoms with Gasteiger partial charge < -0.3 is 15.2 Å². The van der Waals surface area contributed by atoms with Crippen molar-refractivity contribution in [1.82, 2.24) is 25.7 Å². The van der Waals surface area contributed by atoms with Crippen LogP contribution in [0.5, 0.6) is 0 Å². The molecule has 0 bridgehead atoms. The summed E-state index contributed by atoms with van der Waals surface area (Å²) >= 11 is 0. The lowest BCUT2D eigenvalue weighted by Gasteiger charge is -2.08. The molecule has 28 heavy (non-hydrogen) atoms. The summed E-state index contributed by atoms with van der Waals surface area (Å²) in [7, 11) is 0. The number of fused-ring (bicyclic) bond motifs is 1. The molecule has 0 saturated carbocycles. The molecular formula is C20H20N6O2. The minimum Gasteiger partial charge on any atom is -0.368 e. The minimum atomic E-state index is -0.183. The molecule has 3 N–H and O–H groups in total. The fourth-order valence-electron chi connectivity index (χ4n) is 2.90. The van der Waals surface area contributed by atoms with Gasteiger partial charge in [-0.15, -0.1) is 0 Å². The average Bonchev–Trinajstić information content (AvgIpc) is 3.22. The molecule has 0 saturated heterocycles. The van der Waals surface area contributed by atoms with Crippen molar-refractivity contribution in [2.45, 2.75) is 13.0 Å². The molecule has 2 aromatic heterocycles. The van der Waals surface area contributed by atoms with Crippen LogP contribution >= 0.6 is 0 Å². The predicted octanol–water partition coefficient (Wildman–Crippen LogP) is 2.56. The van der Waals surface area contributed by atoms with Gasteiger partial charge in [0.05, 0.1) is 11.9 Å². The standard InChI is InChI=1S/C20H20N6O2/c27-20-16-10-5-4-9-15(16)19(24-25-20)22-12-6-11-21-13-17-23-18(26-28-17)14-7-2-1-3-8-14/h1-5,7-10,21H,6,11-13H2,(H,22,24)(H,25,27). The number of aromatic amines is 1. The maximum atomic E-state index is 11.8. The van der Waals surface area contributed by atoms with E-state index >= 15 is 0 Å². The van der Waals surface area contributed by atoms with Gasteiger partial charge in [-0.1, -0.05) is 53.7 Å². The summed E-state index contributed by atoms with van der Waals surface area (Å²) < 4.78 is 5.27. The van der Waals surface area contributed by atoms with Gasteiger partial charge in [-0.25, -0.2) is 5.10 Å². The van der Waals surface area contributed by atoms with Crippen LogP contribution in [0.2, 0.25) is 0 Å². The molecule has 0 aliphatic rings. The topological polar surface area (TPSA) is 109 Å². The van der Waals surface area contributed by atoms with Crippen molar-refractivity contribution in [3.8, 4) is 11.4 Å². The highest BCUT2D eigenvalue weighted by Crippen LogP contribution is 2.16. The lowest BCUT2D eigenvalue weighted by atomic mass is 10.2. The molecule has 2 heterocycles. The lowest BCUT2D eigenvalue weighted by Crippen LogP contribution is -2.19. The number of nitrogens with zero attached hydrogens (tertiary/aromatic N) is 3. The van der Waals surface area contributed by atoms with E-state index in [-0.39, 0.29) is 5.56 Å². The number of nitrogens with one attached hydrogen (secondary N) is 3. The summed E-state index contributed by atoms with van der Waals surface area (Å²) in [6.07, 6.45) is 0.870. The van der Waals surface area contributed by atoms with Crippen LogP contribution in [-0.4, -0.2) is 33.4 Å². The quantitative estimate of drug-likeness (QED) is 0.406. The van der Waals surface area contributed by atoms with Crippen molar-refractivity contribution >= 4 is 16.6 Å². The number of H-pyrrole nitrogens is 1. The molecule has 0 fully saturated rings. The van der Waals surface area contributed by atoms with E-state index < -0.39 is 0 Å². The van der Waals surface area contributed by atoms with Crippen molar-refractivity contribution in [3.63, 3.8) is 0 Å². The third-order valence-corrected chi connectivity index (χ3v) is 4.30. The van der Waals surface area contributed by atoms with E-state index in [0.717, 1.165) is 30.5 Å². The van der Waals surface area contributed by atoms with Crippen LogP contribution in [0, 0.1) is 0 Å². The molecule has 0 radical (unpaired) electrons. The molecule has 8 nitrogen and oxygen atoms in total. The summed E-state index contributed by atoms with van der Waals surface area (Å²) in [5.41, 5.74) is 0.750. The molecular weight excluding hydrogens is 356 g/mol. The second-order valence-electron chi connectivity index (χ2n) is 6.28. The summed E-state index contributed by atoms with van der Waals surface area (Å²) in [5.74, 6) is 1.83. The van der Waals surface area contributed by atoms with E-state index in [1.54, 1.807) is 6.07 Å². The number of benzene rings is 2. The molecule has 0 spiro atoms. The number of rotatable bonds is 8. The van der Waals surface area contributed by atoms with Gasteiger partial charge in [-0.05, 0) is 19.0 Å². The second kappa shape index (κ2) is 8.45. The zero-order valence-electron chi connectivity index (χ0n) is 15.2. The Labute approximate surface area is 161 Å². The summed E-state index contributed by atoms with van der Waals surface area (Å²) in [4.78, 5) is 16.2. The van der Waals surface area contributed by atoms with Crippen LogP contribution in [-0.2, 0) is 6.54 Å². The molecule has 142 valence electrons. The van der Waals surface area contributed by atoms with Crippen LogP contribution in [0.4, 0.5) is 5.82 Å². The van der Waals surface area contributed by atoms with Gasteiger partial charge in [0.2, 0.25) is 11.7 Å². The van der Waals surface area contributed by atoms with Crippen LogP contribution in [0.25, 0.3) is 22.2 Å². The van der Waals surface area contributed by atoms with Crippen LogP contribution in [0.1, 0.15) is 12.3 Å². The van der Waals surface area contributed by atoms with Gasteiger partial charge in [0.25, 0.3) is 5.56 Å². The van der Waals surface area contributed by atoms with Gasteiger partial charge in [0, 0.05) is 17.5 Å². The van der Waals surface area contributed by atoms with Crippen LogP contribution in [0.15, 0.2) is 63.9 Å². The Bertz CT molecular complexity index is 1110. The first-order chi connectivity index (χ1) is 13.8. The third kappa shape index (κ3) is 4.07. The molecule has 2 aromatic carbocycles. The van der Waals surface area contributed by atoms with E-state index in [1.165, 1.54) is 0 Å². The number of hydrogen-bond acceptors (Lipinski definition) is 7. The van der Waals surface area contributed by atoms with E-state index in [1.807, 2.05) is 48.5 Å². The summed E-state index contributed by atoms with van der Waals surface area (Å²) in [5, 5.41) is 18.6. The second-order valence-corrected chi connectivity index (χ2v) is 6.28. The first-order valence-corrected chi connectivity index (χ1v) is 9.11. The Morgan fingerprint density at radius 2 is 1.75 bits per heavy atom. The Morgan fingerprint density at radius 3 is 2.61 bits per heavy atom. The number of anilines is 1. The minimum absolute atomic E-state index is 0.183. The van der Waals surface area contributed by atoms with Crippen molar-refractivity contribution in [1.29, 1.82) is 0 Å². The number of hydrogen-bond donors (Lipinski definition) is 3. The van der Waals surface area contributed by atoms with Crippen molar-refractivity contribution in [2.24, 2.45) is 0 Å². The van der Waals surface area contributed by atoms with Gasteiger partial charge >= 0.3 is 0 Å². The van der Waals surface area contributed by atoms with Crippen molar-refractivity contribution < 1.29 is 4.52 Å². The lowest BCUT2D eigenvalue weighted by molar-refractivity contribution is 0.368. The smallest absolute Gasteiger partial charge is 0.272 e. The molecule has 0 amide bonds. The highest BCUT2D eigenvalue weighted by atomic mass is 16.5. The molecule has 0 aliphatic heterocycles. The molecule has 0 unspecified atom stereocenters. The molecule has 0 atom stereocenters. The van der Waals surface area contributed by atoms with E-state index in [2.05, 4.69) is 31.0 Å². The normalized spacial score (nSPS) is 11.0. The molecule has 8 heteroatoms. The highest BCUT2D eigenvalue weighted by molar-refractivity contribution is 5.90. The van der Waals surface area contributed by atoms with Crippen molar-refractivity contribution in [3.05, 3.63) is 70.8 Å². The van der Waals surface area contributed by atoms with E-state index in [0.29, 0.717) is 29.5 Å². The maximum absolute atomic E-state index is 11.8. The summed E-state index contributed by atoms with van der Waals surface area (Å²) in [6, 6.07) is 17.1. The van der Waals surface area contributed by atoms with Crippen LogP contribution < -0.4 is 16.2 Å². The zero-order chi connectivity index (χ0) is 19.2. The largest absolute Gasteiger partial charge is 0.368 e. The summed E-state index contributed by atoms with van der Waals surface area (Å²) in [6.45, 7) is 2.01. The Morgan fingerprint density at radius 1 is 0.964 bits per heavy atom.